The lowest BCUT2D eigenvalue weighted by Gasteiger charge is -2.11. The second kappa shape index (κ2) is 6.80. The zero-order valence-corrected chi connectivity index (χ0v) is 8.74. The first kappa shape index (κ1) is 13.4. The molecular formula is C8H14O5S. The molecule has 2 atom stereocenters. The van der Waals surface area contributed by atoms with Gasteiger partial charge in [0.05, 0.1) is 12.5 Å². The Hall–Kier alpha value is -0.590. The maximum absolute atomic E-state index is 10.9. The van der Waals surface area contributed by atoms with E-state index in [1.54, 1.807) is 6.92 Å². The van der Waals surface area contributed by atoms with Gasteiger partial charge in [0.1, 0.15) is 6.61 Å². The van der Waals surface area contributed by atoms with E-state index < -0.39 is 23.3 Å². The zero-order chi connectivity index (χ0) is 11.1. The third-order valence-electron chi connectivity index (χ3n) is 1.53. The fourth-order valence-corrected chi connectivity index (χ4v) is 0.814. The fraction of sp³-hybridized carbons (Fsp3) is 0.750. The summed E-state index contributed by atoms with van der Waals surface area (Å²) in [5, 5.41) is 17.5. The van der Waals surface area contributed by atoms with Gasteiger partial charge < -0.3 is 14.9 Å². The summed E-state index contributed by atoms with van der Waals surface area (Å²) in [4.78, 5) is 21.3. The number of carbonyl (C=O) groups excluding carboxylic acids is 2. The van der Waals surface area contributed by atoms with Crippen molar-refractivity contribution < 1.29 is 24.5 Å². The molecular weight excluding hydrogens is 208 g/mol. The second-order valence-corrected chi connectivity index (χ2v) is 3.30. The van der Waals surface area contributed by atoms with Gasteiger partial charge in [-0.05, 0) is 6.42 Å². The molecule has 0 bridgehead atoms. The van der Waals surface area contributed by atoms with E-state index >= 15 is 0 Å². The standard InChI is InChI=1S/C8H14O5S/c1-2-5(9)4-13-8(12)6(10)3-7(11)14/h5-6,9-10H,2-4H2,1H3,(H,11,14). The van der Waals surface area contributed by atoms with Crippen molar-refractivity contribution in [2.24, 2.45) is 0 Å². The smallest absolute Gasteiger partial charge is 0.335 e. The number of aliphatic hydroxyl groups excluding tert-OH is 2. The van der Waals surface area contributed by atoms with Gasteiger partial charge in [-0.1, -0.05) is 6.92 Å². The lowest BCUT2D eigenvalue weighted by atomic mass is 10.2. The fourth-order valence-electron chi connectivity index (χ4n) is 0.641. The van der Waals surface area contributed by atoms with E-state index in [4.69, 9.17) is 10.2 Å². The summed E-state index contributed by atoms with van der Waals surface area (Å²) in [6, 6.07) is 0. The van der Waals surface area contributed by atoms with E-state index in [1.165, 1.54) is 0 Å². The Kier molecular flexibility index (Phi) is 6.52. The maximum Gasteiger partial charge on any atom is 0.335 e. The van der Waals surface area contributed by atoms with Gasteiger partial charge in [0.25, 0.3) is 0 Å². The van der Waals surface area contributed by atoms with Crippen LogP contribution < -0.4 is 0 Å². The first-order valence-electron chi connectivity index (χ1n) is 4.22. The Morgan fingerprint density at radius 2 is 2.00 bits per heavy atom. The largest absolute Gasteiger partial charge is 0.461 e. The van der Waals surface area contributed by atoms with Crippen molar-refractivity contribution in [3.63, 3.8) is 0 Å². The summed E-state index contributed by atoms with van der Waals surface area (Å²) in [5.74, 6) is -0.917. The predicted octanol–water partition coefficient (Wildman–Crippen LogP) is -0.492. The molecule has 0 amide bonds. The highest BCUT2D eigenvalue weighted by Crippen LogP contribution is 2.00. The van der Waals surface area contributed by atoms with Crippen LogP contribution in [0, 0.1) is 0 Å². The van der Waals surface area contributed by atoms with Crippen LogP contribution in [0.2, 0.25) is 0 Å². The third kappa shape index (κ3) is 5.95. The minimum atomic E-state index is -1.50. The Morgan fingerprint density at radius 1 is 1.43 bits per heavy atom. The van der Waals surface area contributed by atoms with Gasteiger partial charge in [0.15, 0.2) is 11.2 Å². The molecule has 82 valence electrons. The molecule has 0 aliphatic heterocycles. The maximum atomic E-state index is 10.9. The lowest BCUT2D eigenvalue weighted by molar-refractivity contribution is -0.157. The topological polar surface area (TPSA) is 83.8 Å². The molecule has 0 fully saturated rings. The highest BCUT2D eigenvalue weighted by atomic mass is 32.1. The van der Waals surface area contributed by atoms with Gasteiger partial charge >= 0.3 is 5.97 Å². The Morgan fingerprint density at radius 3 is 2.43 bits per heavy atom. The summed E-state index contributed by atoms with van der Waals surface area (Å²) in [6.45, 7) is 1.55. The molecule has 0 spiro atoms. The number of aliphatic hydroxyl groups is 2. The summed E-state index contributed by atoms with van der Waals surface area (Å²) in [7, 11) is 0. The molecule has 2 unspecified atom stereocenters. The number of ether oxygens (including phenoxy) is 1. The van der Waals surface area contributed by atoms with Crippen LogP contribution in [0.4, 0.5) is 0 Å². The van der Waals surface area contributed by atoms with Crippen molar-refractivity contribution in [2.75, 3.05) is 6.61 Å². The molecule has 0 aliphatic carbocycles. The Labute approximate surface area is 87.5 Å². The average molecular weight is 222 g/mol. The molecule has 2 N–H and O–H groups in total. The summed E-state index contributed by atoms with van der Waals surface area (Å²) < 4.78 is 4.53. The molecule has 0 radical (unpaired) electrons. The van der Waals surface area contributed by atoms with Crippen LogP contribution in [0.25, 0.3) is 0 Å². The Bertz CT molecular complexity index is 206. The number of carbonyl (C=O) groups is 2. The molecule has 14 heavy (non-hydrogen) atoms. The summed E-state index contributed by atoms with van der Waals surface area (Å²) in [5.41, 5.74) is 0. The molecule has 0 aromatic carbocycles. The van der Waals surface area contributed by atoms with E-state index in [2.05, 4.69) is 17.4 Å². The van der Waals surface area contributed by atoms with Crippen LogP contribution in [0.5, 0.6) is 0 Å². The van der Waals surface area contributed by atoms with Crippen LogP contribution in [0.15, 0.2) is 0 Å². The quantitative estimate of drug-likeness (QED) is 0.417. The number of thiol groups is 1. The molecule has 5 nitrogen and oxygen atoms in total. The van der Waals surface area contributed by atoms with Gasteiger partial charge in [0, 0.05) is 0 Å². The van der Waals surface area contributed by atoms with Crippen molar-refractivity contribution in [3.05, 3.63) is 0 Å². The number of hydrogen-bond acceptors (Lipinski definition) is 5. The van der Waals surface area contributed by atoms with Crippen molar-refractivity contribution in [2.45, 2.75) is 32.0 Å². The number of esters is 1. The van der Waals surface area contributed by atoms with Crippen molar-refractivity contribution in [3.8, 4) is 0 Å². The van der Waals surface area contributed by atoms with Gasteiger partial charge in [-0.25, -0.2) is 4.79 Å². The van der Waals surface area contributed by atoms with Crippen LogP contribution in [0.3, 0.4) is 0 Å². The van der Waals surface area contributed by atoms with Crippen LogP contribution in [0.1, 0.15) is 19.8 Å². The van der Waals surface area contributed by atoms with Gasteiger partial charge in [-0.3, -0.25) is 4.79 Å². The first-order chi connectivity index (χ1) is 6.47. The number of hydrogen-bond donors (Lipinski definition) is 3. The predicted molar refractivity (Wildman–Crippen MR) is 51.9 cm³/mol. The van der Waals surface area contributed by atoms with Crippen molar-refractivity contribution in [1.82, 2.24) is 0 Å². The van der Waals surface area contributed by atoms with Crippen LogP contribution >= 0.6 is 12.6 Å². The van der Waals surface area contributed by atoms with Gasteiger partial charge in [-0.15, -0.1) is 12.6 Å². The SMILES string of the molecule is CCC(O)COC(=O)C(O)CC(=O)S. The van der Waals surface area contributed by atoms with Gasteiger partial charge in [0.2, 0.25) is 0 Å². The van der Waals surface area contributed by atoms with E-state index in [9.17, 15) is 9.59 Å². The molecule has 0 heterocycles. The van der Waals surface area contributed by atoms with Crippen LogP contribution in [-0.2, 0) is 14.3 Å². The minimum absolute atomic E-state index is 0.173. The van der Waals surface area contributed by atoms with E-state index in [0.29, 0.717) is 6.42 Å². The highest BCUT2D eigenvalue weighted by Gasteiger charge is 2.19. The lowest BCUT2D eigenvalue weighted by Crippen LogP contribution is -2.28. The van der Waals surface area contributed by atoms with E-state index in [-0.39, 0.29) is 13.0 Å². The van der Waals surface area contributed by atoms with E-state index in [0.717, 1.165) is 0 Å². The summed E-state index contributed by atoms with van der Waals surface area (Å²) >= 11 is 3.40. The Balaban J connectivity index is 3.78. The monoisotopic (exact) mass is 222 g/mol. The third-order valence-corrected chi connectivity index (χ3v) is 1.71. The summed E-state index contributed by atoms with van der Waals surface area (Å²) in [6.07, 6.45) is -2.17. The molecule has 6 heteroatoms. The first-order valence-corrected chi connectivity index (χ1v) is 4.66. The van der Waals surface area contributed by atoms with Crippen molar-refractivity contribution >= 4 is 23.7 Å². The minimum Gasteiger partial charge on any atom is -0.461 e. The van der Waals surface area contributed by atoms with Crippen LogP contribution in [-0.4, -0.2) is 40.1 Å². The normalized spacial score (nSPS) is 14.6. The molecule has 0 saturated carbocycles. The molecule has 0 rings (SSSR count). The van der Waals surface area contributed by atoms with E-state index in [1.807, 2.05) is 0 Å². The van der Waals surface area contributed by atoms with Crippen molar-refractivity contribution in [1.29, 1.82) is 0 Å². The molecule has 0 saturated heterocycles. The van der Waals surface area contributed by atoms with Gasteiger partial charge in [-0.2, -0.15) is 0 Å². The highest BCUT2D eigenvalue weighted by molar-refractivity contribution is 7.96. The number of rotatable bonds is 6. The zero-order valence-electron chi connectivity index (χ0n) is 7.84. The molecule has 0 aromatic rings. The second-order valence-electron chi connectivity index (χ2n) is 2.81. The molecule has 0 aliphatic rings. The average Bonchev–Trinajstić information content (AvgIpc) is 2.12. The molecule has 0 aromatic heterocycles.